The van der Waals surface area contributed by atoms with Gasteiger partial charge < -0.3 is 20.9 Å². The largest absolute Gasteiger partial charge is 0.347 e. The molecule has 3 heterocycles. The van der Waals surface area contributed by atoms with Gasteiger partial charge in [0.2, 0.25) is 0 Å². The number of carbonyl (C=O) groups is 1. The quantitative estimate of drug-likeness (QED) is 0.592. The van der Waals surface area contributed by atoms with E-state index in [1.165, 1.54) is 11.9 Å². The molecule has 0 radical (unpaired) electrons. The number of amides is 1. The molecule has 29 heavy (non-hydrogen) atoms. The predicted octanol–water partition coefficient (Wildman–Crippen LogP) is 2.52. The Balaban J connectivity index is 0.00000205. The lowest BCUT2D eigenvalue weighted by Gasteiger charge is -2.26. The summed E-state index contributed by atoms with van der Waals surface area (Å²) in [4.78, 5) is 27.4. The van der Waals surface area contributed by atoms with Crippen LogP contribution in [0, 0.1) is 0 Å². The second kappa shape index (κ2) is 8.06. The first kappa shape index (κ1) is 19.8. The van der Waals surface area contributed by atoms with Gasteiger partial charge in [-0.3, -0.25) is 4.79 Å². The minimum Gasteiger partial charge on any atom is -0.347 e. The average molecular weight is 429 g/mol. The van der Waals surface area contributed by atoms with Gasteiger partial charge in [0.25, 0.3) is 5.91 Å². The summed E-state index contributed by atoms with van der Waals surface area (Å²) in [5.41, 5.74) is 9.49. The average Bonchev–Trinajstić information content (AvgIpc) is 3.33. The maximum absolute atomic E-state index is 12.9. The number of carbonyl (C=O) groups excluding carboxylic acids is 1. The van der Waals surface area contributed by atoms with Gasteiger partial charge in [-0.25, -0.2) is 9.97 Å². The van der Waals surface area contributed by atoms with Gasteiger partial charge in [0, 0.05) is 24.7 Å². The minimum absolute atomic E-state index is 0. The molecule has 2 atom stereocenters. The summed E-state index contributed by atoms with van der Waals surface area (Å²) in [6.07, 6.45) is 6.03. The molecule has 0 spiro atoms. The molecule has 5 rings (SSSR count). The fourth-order valence-corrected chi connectivity index (χ4v) is 4.78. The van der Waals surface area contributed by atoms with Crippen LogP contribution in [-0.2, 0) is 11.2 Å². The maximum Gasteiger partial charge on any atom is 0.259 e. The van der Waals surface area contributed by atoms with Crippen LogP contribution in [0.5, 0.6) is 0 Å². The SMILES string of the molecule is Cl.N[C@@H]1c2ccccc2C[C@H]1NC(=O)C1=CN(c2ncnc3[nH]ccc23)CCS1. The normalized spacial score (nSPS) is 20.7. The molecule has 3 aromatic rings. The highest BCUT2D eigenvalue weighted by Gasteiger charge is 2.31. The van der Waals surface area contributed by atoms with Gasteiger partial charge >= 0.3 is 0 Å². The van der Waals surface area contributed by atoms with E-state index < -0.39 is 0 Å². The molecule has 1 amide bonds. The highest BCUT2D eigenvalue weighted by atomic mass is 35.5. The van der Waals surface area contributed by atoms with Gasteiger partial charge in [-0.2, -0.15) is 0 Å². The van der Waals surface area contributed by atoms with E-state index in [0.717, 1.165) is 41.1 Å². The van der Waals surface area contributed by atoms with Gasteiger partial charge in [0.1, 0.15) is 17.8 Å². The van der Waals surface area contributed by atoms with Gasteiger partial charge in [-0.1, -0.05) is 24.3 Å². The van der Waals surface area contributed by atoms with Crippen LogP contribution in [0.15, 0.2) is 54.0 Å². The Kier molecular flexibility index (Phi) is 5.49. The monoisotopic (exact) mass is 428 g/mol. The van der Waals surface area contributed by atoms with Crippen molar-refractivity contribution < 1.29 is 4.79 Å². The van der Waals surface area contributed by atoms with E-state index in [9.17, 15) is 4.79 Å². The second-order valence-electron chi connectivity index (χ2n) is 6.98. The number of hydrogen-bond acceptors (Lipinski definition) is 6. The van der Waals surface area contributed by atoms with Crippen molar-refractivity contribution in [2.24, 2.45) is 5.73 Å². The summed E-state index contributed by atoms with van der Waals surface area (Å²) in [7, 11) is 0. The lowest BCUT2D eigenvalue weighted by molar-refractivity contribution is -0.117. The molecule has 0 fully saturated rings. The van der Waals surface area contributed by atoms with Crippen LogP contribution in [0.25, 0.3) is 11.0 Å². The zero-order valence-electron chi connectivity index (χ0n) is 15.5. The third-order valence-electron chi connectivity index (χ3n) is 5.30. The number of nitrogens with two attached hydrogens (primary N) is 1. The summed E-state index contributed by atoms with van der Waals surface area (Å²) >= 11 is 1.56. The van der Waals surface area contributed by atoms with Crippen LogP contribution >= 0.6 is 24.2 Å². The number of H-pyrrole nitrogens is 1. The summed E-state index contributed by atoms with van der Waals surface area (Å²) in [6.45, 7) is 0.785. The van der Waals surface area contributed by atoms with E-state index in [1.54, 1.807) is 11.8 Å². The zero-order chi connectivity index (χ0) is 19.1. The smallest absolute Gasteiger partial charge is 0.259 e. The molecule has 2 aliphatic rings. The van der Waals surface area contributed by atoms with Crippen molar-refractivity contribution in [3.8, 4) is 0 Å². The van der Waals surface area contributed by atoms with Crippen molar-refractivity contribution in [1.29, 1.82) is 0 Å². The van der Waals surface area contributed by atoms with Gasteiger partial charge in [-0.05, 0) is 23.6 Å². The van der Waals surface area contributed by atoms with Crippen LogP contribution in [0.3, 0.4) is 0 Å². The van der Waals surface area contributed by atoms with Crippen molar-refractivity contribution in [3.05, 3.63) is 65.1 Å². The van der Waals surface area contributed by atoms with Crippen LogP contribution in [0.1, 0.15) is 17.2 Å². The molecule has 0 unspecified atom stereocenters. The first-order chi connectivity index (χ1) is 13.7. The van der Waals surface area contributed by atoms with E-state index in [2.05, 4.69) is 26.3 Å². The number of nitrogens with one attached hydrogen (secondary N) is 2. The number of hydrogen-bond donors (Lipinski definition) is 3. The van der Waals surface area contributed by atoms with E-state index >= 15 is 0 Å². The Bertz CT molecular complexity index is 1080. The first-order valence-corrected chi connectivity index (χ1v) is 10.2. The van der Waals surface area contributed by atoms with Crippen LogP contribution in [0.2, 0.25) is 0 Å². The molecular weight excluding hydrogens is 408 g/mol. The Morgan fingerprint density at radius 2 is 2.14 bits per heavy atom. The van der Waals surface area contributed by atoms with E-state index in [1.807, 2.05) is 41.6 Å². The number of anilines is 1. The Hall–Kier alpha value is -2.55. The molecule has 0 bridgehead atoms. The number of thioether (sulfide) groups is 1. The van der Waals surface area contributed by atoms with Crippen LogP contribution in [0.4, 0.5) is 5.82 Å². The van der Waals surface area contributed by atoms with E-state index in [-0.39, 0.29) is 30.4 Å². The second-order valence-corrected chi connectivity index (χ2v) is 8.12. The number of aromatic nitrogens is 3. The Morgan fingerprint density at radius 3 is 3.00 bits per heavy atom. The molecule has 1 aliphatic heterocycles. The molecule has 1 aliphatic carbocycles. The molecule has 0 saturated heterocycles. The Labute approximate surface area is 178 Å². The molecule has 150 valence electrons. The summed E-state index contributed by atoms with van der Waals surface area (Å²) < 4.78 is 0. The maximum atomic E-state index is 12.9. The topological polar surface area (TPSA) is 99.9 Å². The zero-order valence-corrected chi connectivity index (χ0v) is 17.2. The highest BCUT2D eigenvalue weighted by Crippen LogP contribution is 2.32. The number of rotatable bonds is 3. The van der Waals surface area contributed by atoms with E-state index in [0.29, 0.717) is 4.91 Å². The summed E-state index contributed by atoms with van der Waals surface area (Å²) in [5, 5.41) is 4.07. The standard InChI is InChI=1S/C20H20N6OS.ClH/c21-17-13-4-2-1-3-12(13)9-15(17)25-20(27)16-10-26(7-8-28-16)19-14-5-6-22-18(14)23-11-24-19;/h1-6,10-11,15,17H,7-9,21H2,(H,25,27)(H,22,23,24);1H/t15-,17-;/m1./s1. The minimum atomic E-state index is -0.174. The Morgan fingerprint density at radius 1 is 1.28 bits per heavy atom. The fourth-order valence-electron chi connectivity index (χ4n) is 3.88. The molecule has 7 nitrogen and oxygen atoms in total. The van der Waals surface area contributed by atoms with Crippen molar-refractivity contribution in [3.63, 3.8) is 0 Å². The predicted molar refractivity (Wildman–Crippen MR) is 118 cm³/mol. The summed E-state index contributed by atoms with van der Waals surface area (Å²) in [5.74, 6) is 1.54. The number of aromatic amines is 1. The number of fused-ring (bicyclic) bond motifs is 2. The number of nitrogens with zero attached hydrogens (tertiary/aromatic N) is 3. The third kappa shape index (κ3) is 3.59. The summed E-state index contributed by atoms with van der Waals surface area (Å²) in [6, 6.07) is 9.81. The van der Waals surface area contributed by atoms with Crippen LogP contribution < -0.4 is 16.0 Å². The highest BCUT2D eigenvalue weighted by molar-refractivity contribution is 8.04. The molecule has 2 aromatic heterocycles. The molecule has 0 saturated carbocycles. The van der Waals surface area contributed by atoms with Crippen molar-refractivity contribution in [2.45, 2.75) is 18.5 Å². The lowest BCUT2D eigenvalue weighted by Crippen LogP contribution is -2.42. The van der Waals surface area contributed by atoms with Crippen molar-refractivity contribution >= 4 is 46.9 Å². The third-order valence-corrected chi connectivity index (χ3v) is 6.28. The van der Waals surface area contributed by atoms with Gasteiger partial charge in [-0.15, -0.1) is 24.2 Å². The molecular formula is C20H21ClN6OS. The van der Waals surface area contributed by atoms with Crippen molar-refractivity contribution in [2.75, 3.05) is 17.2 Å². The fraction of sp³-hybridized carbons (Fsp3) is 0.250. The first-order valence-electron chi connectivity index (χ1n) is 9.24. The molecule has 1 aromatic carbocycles. The van der Waals surface area contributed by atoms with E-state index in [4.69, 9.17) is 5.73 Å². The number of halogens is 1. The van der Waals surface area contributed by atoms with Gasteiger partial charge in [0.15, 0.2) is 0 Å². The number of benzene rings is 1. The lowest BCUT2D eigenvalue weighted by atomic mass is 10.1. The van der Waals surface area contributed by atoms with Crippen LogP contribution in [-0.4, -0.2) is 39.2 Å². The van der Waals surface area contributed by atoms with Crippen molar-refractivity contribution in [1.82, 2.24) is 20.3 Å². The molecule has 4 N–H and O–H groups in total. The van der Waals surface area contributed by atoms with Gasteiger partial charge in [0.05, 0.1) is 22.4 Å². The molecule has 9 heteroatoms.